The number of rotatable bonds is 3. The maximum Gasteiger partial charge on any atom is 0.224 e. The van der Waals surface area contributed by atoms with Crippen LogP contribution in [0, 0.1) is 5.92 Å². The van der Waals surface area contributed by atoms with E-state index in [1.807, 2.05) is 13.8 Å². The summed E-state index contributed by atoms with van der Waals surface area (Å²) < 4.78 is 0. The highest BCUT2D eigenvalue weighted by atomic mass is 16.2. The third-order valence-electron chi connectivity index (χ3n) is 2.40. The molecule has 13 heavy (non-hydrogen) atoms. The number of amides is 1. The van der Waals surface area contributed by atoms with E-state index in [2.05, 4.69) is 10.6 Å². The highest BCUT2D eigenvalue weighted by molar-refractivity contribution is 5.79. The van der Waals surface area contributed by atoms with Gasteiger partial charge in [-0.05, 0) is 26.8 Å². The van der Waals surface area contributed by atoms with Gasteiger partial charge in [-0.3, -0.25) is 4.79 Å². The van der Waals surface area contributed by atoms with E-state index in [0.29, 0.717) is 6.54 Å². The molecule has 0 spiro atoms. The summed E-state index contributed by atoms with van der Waals surface area (Å²) in [7, 11) is 0. The first kappa shape index (κ1) is 10.5. The van der Waals surface area contributed by atoms with Crippen LogP contribution in [0.15, 0.2) is 0 Å². The first-order valence-corrected chi connectivity index (χ1v) is 4.78. The van der Waals surface area contributed by atoms with Crippen molar-refractivity contribution in [1.29, 1.82) is 0 Å². The van der Waals surface area contributed by atoms with Crippen LogP contribution >= 0.6 is 0 Å². The summed E-state index contributed by atoms with van der Waals surface area (Å²) in [6.45, 7) is 6.09. The van der Waals surface area contributed by atoms with Crippen molar-refractivity contribution >= 4 is 5.91 Å². The topological polar surface area (TPSA) is 67.1 Å². The van der Waals surface area contributed by atoms with E-state index in [-0.39, 0.29) is 17.4 Å². The van der Waals surface area contributed by atoms with E-state index in [1.54, 1.807) is 0 Å². The van der Waals surface area contributed by atoms with Crippen LogP contribution in [0.1, 0.15) is 20.3 Å². The fraction of sp³-hybridized carbons (Fsp3) is 0.889. The van der Waals surface area contributed by atoms with Crippen molar-refractivity contribution in [3.05, 3.63) is 0 Å². The normalized spacial score (nSPS) is 23.2. The molecular weight excluding hydrogens is 166 g/mol. The second-order valence-electron chi connectivity index (χ2n) is 4.27. The summed E-state index contributed by atoms with van der Waals surface area (Å²) in [6.07, 6.45) is 0.937. The first-order chi connectivity index (χ1) is 6.05. The minimum atomic E-state index is -0.278. The number of hydrogen-bond acceptors (Lipinski definition) is 3. The Hall–Kier alpha value is -0.610. The van der Waals surface area contributed by atoms with Gasteiger partial charge in [-0.1, -0.05) is 0 Å². The second-order valence-corrected chi connectivity index (χ2v) is 4.27. The lowest BCUT2D eigenvalue weighted by molar-refractivity contribution is -0.125. The molecule has 0 aromatic carbocycles. The molecule has 1 saturated heterocycles. The summed E-state index contributed by atoms with van der Waals surface area (Å²) in [5.74, 6) is 0.256. The molecule has 4 N–H and O–H groups in total. The molecule has 0 aromatic rings. The minimum Gasteiger partial charge on any atom is -0.350 e. The van der Waals surface area contributed by atoms with Crippen LogP contribution in [0.3, 0.4) is 0 Å². The lowest BCUT2D eigenvalue weighted by atomic mass is 10.0. The van der Waals surface area contributed by atoms with Crippen molar-refractivity contribution in [1.82, 2.24) is 10.6 Å². The molecule has 4 heteroatoms. The molecule has 1 fully saturated rings. The van der Waals surface area contributed by atoms with Gasteiger partial charge >= 0.3 is 0 Å². The molecule has 1 atom stereocenters. The monoisotopic (exact) mass is 185 g/mol. The van der Waals surface area contributed by atoms with Gasteiger partial charge in [0.25, 0.3) is 0 Å². The number of hydrogen-bond donors (Lipinski definition) is 3. The number of carbonyl (C=O) groups excluding carboxylic acids is 1. The van der Waals surface area contributed by atoms with Crippen molar-refractivity contribution in [2.75, 3.05) is 19.6 Å². The van der Waals surface area contributed by atoms with Crippen LogP contribution < -0.4 is 16.4 Å². The maximum absolute atomic E-state index is 11.6. The van der Waals surface area contributed by atoms with Crippen LogP contribution in [0.25, 0.3) is 0 Å². The van der Waals surface area contributed by atoms with Crippen LogP contribution in [-0.2, 0) is 4.79 Å². The Kier molecular flexibility index (Phi) is 3.27. The van der Waals surface area contributed by atoms with E-state index in [1.165, 1.54) is 0 Å². The molecule has 0 aromatic heterocycles. The van der Waals surface area contributed by atoms with Gasteiger partial charge in [0.15, 0.2) is 0 Å². The van der Waals surface area contributed by atoms with Gasteiger partial charge in [-0.25, -0.2) is 0 Å². The molecule has 0 aliphatic carbocycles. The first-order valence-electron chi connectivity index (χ1n) is 4.78. The smallest absolute Gasteiger partial charge is 0.224 e. The zero-order chi connectivity index (χ0) is 9.90. The van der Waals surface area contributed by atoms with E-state index >= 15 is 0 Å². The van der Waals surface area contributed by atoms with Crippen molar-refractivity contribution in [3.63, 3.8) is 0 Å². The number of nitrogens with one attached hydrogen (secondary N) is 2. The summed E-state index contributed by atoms with van der Waals surface area (Å²) >= 11 is 0. The van der Waals surface area contributed by atoms with Gasteiger partial charge in [0.05, 0.1) is 5.92 Å². The molecule has 1 aliphatic heterocycles. The SMILES string of the molecule is CC(C)(CN)NC(=O)C1CCNC1. The van der Waals surface area contributed by atoms with Crippen LogP contribution in [0.4, 0.5) is 0 Å². The predicted octanol–water partition coefficient (Wildman–Crippen LogP) is -0.551. The van der Waals surface area contributed by atoms with E-state index in [0.717, 1.165) is 19.5 Å². The van der Waals surface area contributed by atoms with E-state index in [4.69, 9.17) is 5.73 Å². The van der Waals surface area contributed by atoms with E-state index in [9.17, 15) is 4.79 Å². The van der Waals surface area contributed by atoms with Gasteiger partial charge in [0.1, 0.15) is 0 Å². The lowest BCUT2D eigenvalue weighted by Gasteiger charge is -2.25. The van der Waals surface area contributed by atoms with Crippen LogP contribution in [0.2, 0.25) is 0 Å². The minimum absolute atomic E-state index is 0.125. The molecule has 1 aliphatic rings. The third-order valence-corrected chi connectivity index (χ3v) is 2.40. The van der Waals surface area contributed by atoms with Gasteiger partial charge in [0, 0.05) is 18.6 Å². The summed E-state index contributed by atoms with van der Waals surface area (Å²) in [5.41, 5.74) is 5.24. The summed E-state index contributed by atoms with van der Waals surface area (Å²) in [6, 6.07) is 0. The molecule has 0 saturated carbocycles. The maximum atomic E-state index is 11.6. The van der Waals surface area contributed by atoms with Crippen molar-refractivity contribution in [3.8, 4) is 0 Å². The molecule has 76 valence electrons. The van der Waals surface area contributed by atoms with Gasteiger partial charge in [-0.2, -0.15) is 0 Å². The number of carbonyl (C=O) groups is 1. The number of nitrogens with two attached hydrogens (primary N) is 1. The lowest BCUT2D eigenvalue weighted by Crippen LogP contribution is -2.51. The summed E-state index contributed by atoms with van der Waals surface area (Å²) in [5, 5.41) is 6.11. The Labute approximate surface area is 79.3 Å². The largest absolute Gasteiger partial charge is 0.350 e. The highest BCUT2D eigenvalue weighted by Gasteiger charge is 2.26. The van der Waals surface area contributed by atoms with Crippen molar-refractivity contribution in [2.24, 2.45) is 11.7 Å². The molecule has 1 unspecified atom stereocenters. The summed E-state index contributed by atoms with van der Waals surface area (Å²) in [4.78, 5) is 11.6. The molecule has 0 bridgehead atoms. The second kappa shape index (κ2) is 4.07. The molecule has 1 heterocycles. The van der Waals surface area contributed by atoms with Gasteiger partial charge in [-0.15, -0.1) is 0 Å². The average Bonchev–Trinajstić information content (AvgIpc) is 2.55. The Morgan fingerprint density at radius 1 is 1.69 bits per heavy atom. The van der Waals surface area contributed by atoms with Crippen molar-refractivity contribution in [2.45, 2.75) is 25.8 Å². The molecular formula is C9H19N3O. The Morgan fingerprint density at radius 2 is 2.38 bits per heavy atom. The quantitative estimate of drug-likeness (QED) is 0.552. The highest BCUT2D eigenvalue weighted by Crippen LogP contribution is 2.09. The molecule has 4 nitrogen and oxygen atoms in total. The van der Waals surface area contributed by atoms with Crippen LogP contribution in [-0.4, -0.2) is 31.1 Å². The Bertz CT molecular complexity index is 185. The standard InChI is InChI=1S/C9H19N3O/c1-9(2,6-10)12-8(13)7-3-4-11-5-7/h7,11H,3-6,10H2,1-2H3,(H,12,13). The third kappa shape index (κ3) is 2.97. The molecule has 1 rings (SSSR count). The zero-order valence-electron chi connectivity index (χ0n) is 8.39. The Morgan fingerprint density at radius 3 is 2.85 bits per heavy atom. The Balaban J connectivity index is 2.40. The van der Waals surface area contributed by atoms with E-state index < -0.39 is 0 Å². The van der Waals surface area contributed by atoms with Gasteiger partial charge in [0.2, 0.25) is 5.91 Å². The van der Waals surface area contributed by atoms with Crippen LogP contribution in [0.5, 0.6) is 0 Å². The average molecular weight is 185 g/mol. The van der Waals surface area contributed by atoms with Gasteiger partial charge < -0.3 is 16.4 Å². The zero-order valence-corrected chi connectivity index (χ0v) is 8.39. The van der Waals surface area contributed by atoms with Crippen molar-refractivity contribution < 1.29 is 4.79 Å². The fourth-order valence-corrected chi connectivity index (χ4v) is 1.37. The molecule has 1 amide bonds. The fourth-order valence-electron chi connectivity index (χ4n) is 1.37. The molecule has 0 radical (unpaired) electrons. The predicted molar refractivity (Wildman–Crippen MR) is 52.3 cm³/mol.